The first-order chi connectivity index (χ1) is 20.5. The topological polar surface area (TPSA) is 106 Å². The Balaban J connectivity index is 1.29. The van der Waals surface area contributed by atoms with E-state index in [4.69, 9.17) is 15.5 Å². The van der Waals surface area contributed by atoms with Crippen molar-refractivity contribution in [2.45, 2.75) is 51.5 Å². The van der Waals surface area contributed by atoms with E-state index in [1.54, 1.807) is 6.20 Å². The lowest BCUT2D eigenvalue weighted by atomic mass is 9.88. The van der Waals surface area contributed by atoms with E-state index in [0.29, 0.717) is 12.4 Å². The van der Waals surface area contributed by atoms with Crippen LogP contribution in [0.1, 0.15) is 43.4 Å². The Morgan fingerprint density at radius 2 is 1.83 bits per heavy atom. The number of amides is 1. The number of hydrogen-bond donors (Lipinski definition) is 3. The zero-order chi connectivity index (χ0) is 28.9. The van der Waals surface area contributed by atoms with Crippen LogP contribution in [0.3, 0.4) is 0 Å². The first kappa shape index (κ1) is 27.7. The molecule has 2 aromatic heterocycles. The number of nitrogens with one attached hydrogen (secondary N) is 2. The summed E-state index contributed by atoms with van der Waals surface area (Å²) >= 11 is 0. The Bertz CT molecular complexity index is 1670. The van der Waals surface area contributed by atoms with E-state index in [2.05, 4.69) is 39.8 Å². The van der Waals surface area contributed by atoms with E-state index in [-0.39, 0.29) is 17.9 Å². The van der Waals surface area contributed by atoms with Crippen molar-refractivity contribution in [3.05, 3.63) is 96.3 Å². The molecule has 1 atom stereocenters. The van der Waals surface area contributed by atoms with Crippen LogP contribution < -0.4 is 15.8 Å². The Morgan fingerprint density at radius 1 is 1.00 bits per heavy atom. The molecular formula is C35H37N5O2. The fourth-order valence-corrected chi connectivity index (χ4v) is 5.82. The molecule has 0 radical (unpaired) electrons. The number of aromatic nitrogens is 3. The summed E-state index contributed by atoms with van der Waals surface area (Å²) in [5, 5.41) is 11.7. The summed E-state index contributed by atoms with van der Waals surface area (Å²) in [6.07, 6.45) is 7.87. The number of benzene rings is 3. The second-order valence-electron chi connectivity index (χ2n) is 11.3. The number of pyridine rings is 1. The Morgan fingerprint density at radius 3 is 2.67 bits per heavy atom. The highest BCUT2D eigenvalue weighted by Crippen LogP contribution is 2.36. The second kappa shape index (κ2) is 12.6. The fourth-order valence-electron chi connectivity index (χ4n) is 5.82. The van der Waals surface area contributed by atoms with Crippen LogP contribution in [0.2, 0.25) is 0 Å². The molecule has 7 nitrogen and oxygen atoms in total. The first-order valence-corrected chi connectivity index (χ1v) is 14.8. The van der Waals surface area contributed by atoms with Gasteiger partial charge in [0.2, 0.25) is 5.91 Å². The minimum atomic E-state index is -0.148. The van der Waals surface area contributed by atoms with Gasteiger partial charge in [-0.1, -0.05) is 67.8 Å². The summed E-state index contributed by atoms with van der Waals surface area (Å²) in [6.45, 7) is 2.37. The standard InChI is InChI=1S/C35H37N5O2/c1-23-31-19-26(15-16-33(31)40-39-23)32-20-30(42-22-28(36)17-24-9-4-2-5-10-24)21-37-34(32)27-13-8-14-29(18-27)38-35(41)25-11-6-3-7-12-25/h2,4-5,8-10,13-16,18-21,25,28H,3,6-7,11-12,17,22,36H2,1H3,(H,38,41)(H,39,40)/t28-/m1/s1. The molecule has 6 rings (SSSR count). The quantitative estimate of drug-likeness (QED) is 0.179. The summed E-state index contributed by atoms with van der Waals surface area (Å²) in [7, 11) is 0. The maximum absolute atomic E-state index is 13.0. The molecule has 1 aliphatic carbocycles. The first-order valence-electron chi connectivity index (χ1n) is 14.8. The number of carbonyl (C=O) groups excluding carboxylic acids is 1. The van der Waals surface area contributed by atoms with Gasteiger partial charge in [-0.3, -0.25) is 14.9 Å². The predicted octanol–water partition coefficient (Wildman–Crippen LogP) is 7.07. The number of fused-ring (bicyclic) bond motifs is 1. The Kier molecular flexibility index (Phi) is 8.28. The highest BCUT2D eigenvalue weighted by atomic mass is 16.5. The molecule has 0 saturated heterocycles. The summed E-state index contributed by atoms with van der Waals surface area (Å²) in [5.41, 5.74) is 14.0. The van der Waals surface area contributed by atoms with E-state index in [1.807, 2.05) is 61.5 Å². The van der Waals surface area contributed by atoms with Gasteiger partial charge in [0, 0.05) is 34.2 Å². The third-order valence-corrected chi connectivity index (χ3v) is 8.11. The highest BCUT2D eigenvalue weighted by Gasteiger charge is 2.21. The monoisotopic (exact) mass is 559 g/mol. The normalized spacial score (nSPS) is 14.5. The lowest BCUT2D eigenvalue weighted by molar-refractivity contribution is -0.120. The molecule has 1 aliphatic rings. The van der Waals surface area contributed by atoms with Gasteiger partial charge in [-0.05, 0) is 67.6 Å². The molecule has 0 aliphatic heterocycles. The zero-order valence-electron chi connectivity index (χ0n) is 24.0. The van der Waals surface area contributed by atoms with Gasteiger partial charge in [-0.15, -0.1) is 0 Å². The lowest BCUT2D eigenvalue weighted by Gasteiger charge is -2.21. The van der Waals surface area contributed by atoms with Gasteiger partial charge in [0.05, 0.1) is 23.1 Å². The summed E-state index contributed by atoms with van der Waals surface area (Å²) in [6, 6.07) is 26.3. The van der Waals surface area contributed by atoms with Crippen molar-refractivity contribution in [3.63, 3.8) is 0 Å². The molecule has 5 aromatic rings. The van der Waals surface area contributed by atoms with Crippen LogP contribution in [0.15, 0.2) is 85.1 Å². The fraction of sp³-hybridized carbons (Fsp3) is 0.286. The molecule has 214 valence electrons. The molecule has 1 amide bonds. The van der Waals surface area contributed by atoms with Crippen molar-refractivity contribution in [1.82, 2.24) is 15.2 Å². The molecular weight excluding hydrogens is 522 g/mol. The third kappa shape index (κ3) is 6.37. The molecule has 0 bridgehead atoms. The summed E-state index contributed by atoms with van der Waals surface area (Å²) < 4.78 is 6.17. The van der Waals surface area contributed by atoms with Crippen LogP contribution in [-0.4, -0.2) is 33.7 Å². The number of anilines is 1. The molecule has 1 saturated carbocycles. The van der Waals surface area contributed by atoms with Gasteiger partial charge in [0.1, 0.15) is 12.4 Å². The van der Waals surface area contributed by atoms with Gasteiger partial charge in [-0.2, -0.15) is 5.10 Å². The minimum absolute atomic E-state index is 0.0886. The molecule has 0 unspecified atom stereocenters. The number of aromatic amines is 1. The Hall–Kier alpha value is -4.49. The van der Waals surface area contributed by atoms with Gasteiger partial charge in [0.25, 0.3) is 0 Å². The number of hydrogen-bond acceptors (Lipinski definition) is 5. The molecule has 3 aromatic carbocycles. The van der Waals surface area contributed by atoms with Crippen LogP contribution in [0.4, 0.5) is 5.69 Å². The number of rotatable bonds is 9. The van der Waals surface area contributed by atoms with Crippen molar-refractivity contribution >= 4 is 22.5 Å². The van der Waals surface area contributed by atoms with Crippen LogP contribution in [0, 0.1) is 12.8 Å². The van der Waals surface area contributed by atoms with Gasteiger partial charge >= 0.3 is 0 Å². The maximum atomic E-state index is 13.0. The SMILES string of the molecule is Cc1n[nH]c2ccc(-c3cc(OC[C@H](N)Cc4ccccc4)cnc3-c3cccc(NC(=O)C4CCCCC4)c3)cc12. The highest BCUT2D eigenvalue weighted by molar-refractivity contribution is 5.94. The minimum Gasteiger partial charge on any atom is -0.490 e. The zero-order valence-corrected chi connectivity index (χ0v) is 24.0. The number of H-pyrrole nitrogens is 1. The number of nitrogens with two attached hydrogens (primary N) is 1. The van der Waals surface area contributed by atoms with Crippen LogP contribution in [0.25, 0.3) is 33.3 Å². The maximum Gasteiger partial charge on any atom is 0.227 e. The van der Waals surface area contributed by atoms with Crippen molar-refractivity contribution in [2.24, 2.45) is 11.7 Å². The van der Waals surface area contributed by atoms with E-state index >= 15 is 0 Å². The average Bonchev–Trinajstić information content (AvgIpc) is 3.40. The van der Waals surface area contributed by atoms with Crippen molar-refractivity contribution in [1.29, 1.82) is 0 Å². The molecule has 0 spiro atoms. The average molecular weight is 560 g/mol. The largest absolute Gasteiger partial charge is 0.490 e. The van der Waals surface area contributed by atoms with E-state index in [1.165, 1.54) is 12.0 Å². The van der Waals surface area contributed by atoms with E-state index in [9.17, 15) is 4.79 Å². The molecule has 4 N–H and O–H groups in total. The molecule has 7 heteroatoms. The van der Waals surface area contributed by atoms with E-state index < -0.39 is 0 Å². The molecule has 42 heavy (non-hydrogen) atoms. The summed E-state index contributed by atoms with van der Waals surface area (Å²) in [4.78, 5) is 17.8. The molecule has 1 fully saturated rings. The van der Waals surface area contributed by atoms with Crippen molar-refractivity contribution in [2.75, 3.05) is 11.9 Å². The second-order valence-corrected chi connectivity index (χ2v) is 11.3. The van der Waals surface area contributed by atoms with Gasteiger partial charge in [0.15, 0.2) is 0 Å². The third-order valence-electron chi connectivity index (χ3n) is 8.11. The number of ether oxygens (including phenoxy) is 1. The van der Waals surface area contributed by atoms with Crippen LogP contribution in [-0.2, 0) is 11.2 Å². The predicted molar refractivity (Wildman–Crippen MR) is 168 cm³/mol. The van der Waals surface area contributed by atoms with Crippen LogP contribution >= 0.6 is 0 Å². The number of carbonyl (C=O) groups is 1. The van der Waals surface area contributed by atoms with Gasteiger partial charge in [-0.25, -0.2) is 0 Å². The smallest absolute Gasteiger partial charge is 0.227 e. The summed E-state index contributed by atoms with van der Waals surface area (Å²) in [5.74, 6) is 0.852. The lowest BCUT2D eigenvalue weighted by Crippen LogP contribution is -2.30. The van der Waals surface area contributed by atoms with Gasteiger partial charge < -0.3 is 15.8 Å². The number of aryl methyl sites for hydroxylation is 1. The molecule has 2 heterocycles. The van der Waals surface area contributed by atoms with Crippen LogP contribution in [0.5, 0.6) is 5.75 Å². The van der Waals surface area contributed by atoms with E-state index in [0.717, 1.165) is 76.8 Å². The van der Waals surface area contributed by atoms with Crippen molar-refractivity contribution < 1.29 is 9.53 Å². The Labute approximate surface area is 246 Å². The number of nitrogens with zero attached hydrogens (tertiary/aromatic N) is 2. The van der Waals surface area contributed by atoms with Crippen molar-refractivity contribution in [3.8, 4) is 28.1 Å².